The van der Waals surface area contributed by atoms with E-state index in [0.29, 0.717) is 22.5 Å². The molecule has 0 aliphatic heterocycles. The van der Waals surface area contributed by atoms with Crippen LogP contribution in [0.1, 0.15) is 37.4 Å². The monoisotopic (exact) mass is 496 g/mol. The van der Waals surface area contributed by atoms with Gasteiger partial charge in [-0.05, 0) is 39.0 Å². The summed E-state index contributed by atoms with van der Waals surface area (Å²) in [4.78, 5) is 26.7. The van der Waals surface area contributed by atoms with Crippen molar-refractivity contribution in [1.29, 1.82) is 0 Å². The van der Waals surface area contributed by atoms with E-state index in [0.717, 1.165) is 22.4 Å². The lowest BCUT2D eigenvalue weighted by atomic mass is 9.90. The molecule has 0 bridgehead atoms. The predicted molar refractivity (Wildman–Crippen MR) is 109 cm³/mol. The second-order valence-corrected chi connectivity index (χ2v) is 7.22. The third-order valence-electron chi connectivity index (χ3n) is 4.82. The topological polar surface area (TPSA) is 50.1 Å². The number of rotatable bonds is 3. The van der Waals surface area contributed by atoms with Crippen molar-refractivity contribution in [3.05, 3.63) is 101 Å². The number of anilines is 1. The highest BCUT2D eigenvalue weighted by atomic mass is 127. The van der Waals surface area contributed by atoms with Crippen molar-refractivity contribution in [2.45, 2.75) is 20.8 Å². The van der Waals surface area contributed by atoms with Gasteiger partial charge >= 0.3 is 0 Å². The summed E-state index contributed by atoms with van der Waals surface area (Å²) < 4.78 is 1.76. The van der Waals surface area contributed by atoms with Crippen molar-refractivity contribution < 1.29 is 38.1 Å². The molecule has 0 saturated heterocycles. The number of hydrogen-bond donors (Lipinski definition) is 1. The molecule has 1 heterocycles. The highest BCUT2D eigenvalue weighted by Gasteiger charge is 2.38. The molecule has 1 N–H and O–H groups in total. The highest BCUT2D eigenvalue weighted by molar-refractivity contribution is 6.36. The summed E-state index contributed by atoms with van der Waals surface area (Å²) in [6.45, 7) is 5.95. The molecule has 4 rings (SSSR count). The lowest BCUT2D eigenvalue weighted by molar-refractivity contribution is -0.578. The Morgan fingerprint density at radius 1 is 0.724 bits per heavy atom. The first-order valence-electron chi connectivity index (χ1n) is 9.20. The minimum absolute atomic E-state index is 0. The predicted octanol–water partition coefficient (Wildman–Crippen LogP) is 1.26. The number of halogens is 1. The van der Waals surface area contributed by atoms with Gasteiger partial charge in [0.15, 0.2) is 18.1 Å². The van der Waals surface area contributed by atoms with Gasteiger partial charge in [0.1, 0.15) is 0 Å². The number of carbonyl (C=O) groups is 2. The Hall–Kier alpha value is -2.80. The zero-order chi connectivity index (χ0) is 19.8. The summed E-state index contributed by atoms with van der Waals surface area (Å²) in [7, 11) is 0. The first-order valence-corrected chi connectivity index (χ1v) is 9.20. The van der Waals surface area contributed by atoms with Crippen LogP contribution in [0.25, 0.3) is 5.70 Å². The van der Waals surface area contributed by atoms with Crippen LogP contribution in [-0.2, 0) is 0 Å². The van der Waals surface area contributed by atoms with E-state index in [-0.39, 0.29) is 35.5 Å². The molecule has 0 unspecified atom stereocenters. The molecule has 0 fully saturated rings. The van der Waals surface area contributed by atoms with Gasteiger partial charge in [-0.15, -0.1) is 0 Å². The molecule has 146 valence electrons. The van der Waals surface area contributed by atoms with Gasteiger partial charge in [-0.3, -0.25) is 9.59 Å². The standard InChI is InChI=1S/C24H20N2O2.HI/c1-15-8-10-18(11-9-15)25-21-22(26-13-16(2)12-17(3)14-26)24(28)20-7-5-4-6-19(20)23(21)27;/h4-14H,1-3H3;1H. The molecule has 2 aromatic carbocycles. The molecular weight excluding hydrogens is 475 g/mol. The second kappa shape index (κ2) is 8.29. The first kappa shape index (κ1) is 20.9. The van der Waals surface area contributed by atoms with Gasteiger partial charge in [0.2, 0.25) is 5.78 Å². The van der Waals surface area contributed by atoms with Crippen LogP contribution >= 0.6 is 0 Å². The maximum Gasteiger partial charge on any atom is 0.286 e. The number of Topliss-reactive ketones (excluding diaryl/α,β-unsaturated/α-hetero) is 2. The van der Waals surface area contributed by atoms with Crippen LogP contribution in [0.15, 0.2) is 72.7 Å². The fraction of sp³-hybridized carbons (Fsp3) is 0.125. The van der Waals surface area contributed by atoms with Gasteiger partial charge in [0.25, 0.3) is 11.5 Å². The quantitative estimate of drug-likeness (QED) is 0.439. The molecular formula is C24H21IN2O2. The minimum Gasteiger partial charge on any atom is -1.00 e. The van der Waals surface area contributed by atoms with Gasteiger partial charge in [-0.1, -0.05) is 42.0 Å². The average Bonchev–Trinajstić information content (AvgIpc) is 2.67. The second-order valence-electron chi connectivity index (χ2n) is 7.22. The Kier molecular flexibility index (Phi) is 5.98. The van der Waals surface area contributed by atoms with E-state index in [2.05, 4.69) is 5.32 Å². The number of fused-ring (bicyclic) bond motifs is 1. The summed E-state index contributed by atoms with van der Waals surface area (Å²) in [6.07, 6.45) is 3.75. The number of aryl methyl sites for hydroxylation is 3. The fourth-order valence-electron chi connectivity index (χ4n) is 3.54. The minimum atomic E-state index is -0.183. The van der Waals surface area contributed by atoms with Crippen LogP contribution in [-0.4, -0.2) is 11.6 Å². The number of nitrogens with one attached hydrogen (secondary N) is 1. The summed E-state index contributed by atoms with van der Waals surface area (Å²) in [5.74, 6) is -0.350. The van der Waals surface area contributed by atoms with Crippen LogP contribution in [0, 0.1) is 20.8 Å². The normalized spacial score (nSPS) is 13.1. The molecule has 1 aromatic heterocycles. The third kappa shape index (κ3) is 4.00. The maximum atomic E-state index is 13.4. The van der Waals surface area contributed by atoms with Crippen LogP contribution in [0.2, 0.25) is 0 Å². The van der Waals surface area contributed by atoms with Crippen LogP contribution in [0.3, 0.4) is 0 Å². The number of ketones is 2. The number of hydrogen-bond acceptors (Lipinski definition) is 3. The lowest BCUT2D eigenvalue weighted by Crippen LogP contribution is -3.00. The van der Waals surface area contributed by atoms with Crippen molar-refractivity contribution in [3.8, 4) is 0 Å². The number of allylic oxidation sites excluding steroid dienone is 2. The SMILES string of the molecule is Cc1ccc(NC2=C([n+]3cc(C)cc(C)c3)C(=O)c3ccccc3C2=O)cc1.[I-]. The van der Waals surface area contributed by atoms with E-state index in [1.165, 1.54) is 0 Å². The molecule has 29 heavy (non-hydrogen) atoms. The zero-order valence-corrected chi connectivity index (χ0v) is 18.7. The summed E-state index contributed by atoms with van der Waals surface area (Å²) in [6, 6.07) is 16.8. The molecule has 1 aliphatic rings. The van der Waals surface area contributed by atoms with Gasteiger partial charge < -0.3 is 29.3 Å². The molecule has 5 heteroatoms. The Bertz CT molecular complexity index is 1130. The fourth-order valence-corrected chi connectivity index (χ4v) is 3.54. The van der Waals surface area contributed by atoms with Crippen molar-refractivity contribution in [2.24, 2.45) is 0 Å². The van der Waals surface area contributed by atoms with E-state index >= 15 is 0 Å². The van der Waals surface area contributed by atoms with Gasteiger partial charge in [-0.25, -0.2) is 0 Å². The van der Waals surface area contributed by atoms with Crippen LogP contribution < -0.4 is 33.9 Å². The largest absolute Gasteiger partial charge is 1.00 e. The van der Waals surface area contributed by atoms with Gasteiger partial charge in [-0.2, -0.15) is 4.57 Å². The number of aromatic nitrogens is 1. The molecule has 4 nitrogen and oxygen atoms in total. The molecule has 0 saturated carbocycles. The van der Waals surface area contributed by atoms with Gasteiger partial charge in [0.05, 0.1) is 0 Å². The molecule has 0 atom stereocenters. The van der Waals surface area contributed by atoms with E-state index in [4.69, 9.17) is 0 Å². The summed E-state index contributed by atoms with van der Waals surface area (Å²) in [5.41, 5.74) is 5.42. The average molecular weight is 496 g/mol. The molecule has 0 radical (unpaired) electrons. The Morgan fingerprint density at radius 3 is 1.86 bits per heavy atom. The third-order valence-corrected chi connectivity index (χ3v) is 4.82. The number of pyridine rings is 1. The zero-order valence-electron chi connectivity index (χ0n) is 16.5. The Balaban J connectivity index is 0.00000240. The van der Waals surface area contributed by atoms with Crippen molar-refractivity contribution in [1.82, 2.24) is 0 Å². The first-order chi connectivity index (χ1) is 13.4. The van der Waals surface area contributed by atoms with E-state index in [1.54, 1.807) is 28.8 Å². The van der Waals surface area contributed by atoms with E-state index < -0.39 is 0 Å². The molecule has 3 aromatic rings. The smallest absolute Gasteiger partial charge is 0.286 e. The van der Waals surface area contributed by atoms with E-state index in [1.807, 2.05) is 63.5 Å². The van der Waals surface area contributed by atoms with Crippen molar-refractivity contribution in [2.75, 3.05) is 5.32 Å². The van der Waals surface area contributed by atoms with Crippen molar-refractivity contribution in [3.63, 3.8) is 0 Å². The number of carbonyl (C=O) groups excluding carboxylic acids is 2. The Morgan fingerprint density at radius 2 is 1.28 bits per heavy atom. The summed E-state index contributed by atoms with van der Waals surface area (Å²) >= 11 is 0. The summed E-state index contributed by atoms with van der Waals surface area (Å²) in [5, 5.41) is 3.21. The van der Waals surface area contributed by atoms with E-state index in [9.17, 15) is 9.59 Å². The molecule has 0 amide bonds. The molecule has 0 spiro atoms. The lowest BCUT2D eigenvalue weighted by Gasteiger charge is -2.19. The molecule has 1 aliphatic carbocycles. The highest BCUT2D eigenvalue weighted by Crippen LogP contribution is 2.27. The number of nitrogens with zero attached hydrogens (tertiary/aromatic N) is 1. The number of benzene rings is 2. The van der Waals surface area contributed by atoms with Crippen LogP contribution in [0.4, 0.5) is 5.69 Å². The maximum absolute atomic E-state index is 13.4. The van der Waals surface area contributed by atoms with Crippen LogP contribution in [0.5, 0.6) is 0 Å². The van der Waals surface area contributed by atoms with Crippen molar-refractivity contribution >= 4 is 23.0 Å². The van der Waals surface area contributed by atoms with Gasteiger partial charge in [0, 0.05) is 27.9 Å². The Labute approximate surface area is 187 Å².